The van der Waals surface area contributed by atoms with E-state index in [9.17, 15) is 10.1 Å². The minimum absolute atomic E-state index is 0.102. The summed E-state index contributed by atoms with van der Waals surface area (Å²) < 4.78 is 0. The summed E-state index contributed by atoms with van der Waals surface area (Å²) >= 11 is 0. The summed E-state index contributed by atoms with van der Waals surface area (Å²) in [5.41, 5.74) is 7.41. The predicted octanol–water partition coefficient (Wildman–Crippen LogP) is 5.53. The Bertz CT molecular complexity index is 1240. The van der Waals surface area contributed by atoms with Crippen LogP contribution in [-0.4, -0.2) is 21.4 Å². The van der Waals surface area contributed by atoms with Crippen molar-refractivity contribution in [2.75, 3.05) is 6.54 Å². The second-order valence-corrected chi connectivity index (χ2v) is 7.96. The first-order valence-corrected chi connectivity index (χ1v) is 10.2. The molecule has 0 saturated carbocycles. The molecule has 0 saturated heterocycles. The number of hydrogen-bond donors (Lipinski definition) is 1. The van der Waals surface area contributed by atoms with Gasteiger partial charge in [0, 0.05) is 47.4 Å². The van der Waals surface area contributed by atoms with Crippen LogP contribution >= 0.6 is 0 Å². The Morgan fingerprint density at radius 1 is 1.07 bits per heavy atom. The summed E-state index contributed by atoms with van der Waals surface area (Å²) in [6.07, 6.45) is 0.975. The van der Waals surface area contributed by atoms with Crippen LogP contribution in [0.5, 0.6) is 0 Å². The Labute approximate surface area is 175 Å². The lowest BCUT2D eigenvalue weighted by Crippen LogP contribution is -2.36. The lowest BCUT2D eigenvalue weighted by molar-refractivity contribution is -0.384. The molecule has 0 amide bonds. The summed E-state index contributed by atoms with van der Waals surface area (Å²) in [5, 5.41) is 12.5. The van der Waals surface area contributed by atoms with E-state index in [1.165, 1.54) is 27.8 Å². The van der Waals surface area contributed by atoms with Crippen molar-refractivity contribution < 1.29 is 4.92 Å². The van der Waals surface area contributed by atoms with E-state index in [4.69, 9.17) is 0 Å². The number of fused-ring (bicyclic) bond motifs is 2. The molecule has 5 heteroatoms. The number of aryl methyl sites for hydroxylation is 1. The number of nitro benzene ring substituents is 1. The van der Waals surface area contributed by atoms with Crippen LogP contribution in [0.1, 0.15) is 34.0 Å². The van der Waals surface area contributed by atoms with Gasteiger partial charge in [0.15, 0.2) is 0 Å². The topological polar surface area (TPSA) is 62.2 Å². The number of hydrogen-bond acceptors (Lipinski definition) is 3. The standard InChI is InChI=1S/C25H23N3O2/c1-17-24(22-11-4-5-12-23(22)26-17)25-21-10-3-2-8-19(21)13-14-27(25)16-18-7-6-9-20(15-18)28(29)30/h2-12,15,25-26H,13-14,16H2,1H3. The van der Waals surface area contributed by atoms with E-state index in [0.717, 1.165) is 24.0 Å². The number of nitro groups is 1. The van der Waals surface area contributed by atoms with Crippen LogP contribution < -0.4 is 0 Å². The number of aromatic nitrogens is 1. The molecule has 1 aliphatic heterocycles. The Balaban J connectivity index is 1.63. The molecule has 5 nitrogen and oxygen atoms in total. The van der Waals surface area contributed by atoms with Crippen molar-refractivity contribution in [1.29, 1.82) is 0 Å². The highest BCUT2D eigenvalue weighted by Gasteiger charge is 2.31. The molecule has 3 aromatic carbocycles. The predicted molar refractivity (Wildman–Crippen MR) is 119 cm³/mol. The molecular formula is C25H23N3O2. The van der Waals surface area contributed by atoms with Gasteiger partial charge >= 0.3 is 0 Å². The fourth-order valence-electron chi connectivity index (χ4n) is 4.78. The van der Waals surface area contributed by atoms with Crippen molar-refractivity contribution in [1.82, 2.24) is 9.88 Å². The van der Waals surface area contributed by atoms with Crippen molar-refractivity contribution >= 4 is 16.6 Å². The largest absolute Gasteiger partial charge is 0.358 e. The minimum atomic E-state index is -0.323. The summed E-state index contributed by atoms with van der Waals surface area (Å²) in [6.45, 7) is 3.71. The molecule has 0 radical (unpaired) electrons. The third-order valence-electron chi connectivity index (χ3n) is 6.11. The molecule has 4 aromatic rings. The van der Waals surface area contributed by atoms with Crippen molar-refractivity contribution in [2.24, 2.45) is 0 Å². The highest BCUT2D eigenvalue weighted by Crippen LogP contribution is 2.40. The van der Waals surface area contributed by atoms with Gasteiger partial charge in [-0.3, -0.25) is 15.0 Å². The quantitative estimate of drug-likeness (QED) is 0.364. The van der Waals surface area contributed by atoms with Crippen LogP contribution in [0.15, 0.2) is 72.8 Å². The first-order valence-electron chi connectivity index (χ1n) is 10.2. The van der Waals surface area contributed by atoms with E-state index in [1.807, 2.05) is 6.07 Å². The zero-order valence-electron chi connectivity index (χ0n) is 16.8. The van der Waals surface area contributed by atoms with Gasteiger partial charge in [0.2, 0.25) is 0 Å². The maximum Gasteiger partial charge on any atom is 0.269 e. The summed E-state index contributed by atoms with van der Waals surface area (Å²) in [4.78, 5) is 16.9. The van der Waals surface area contributed by atoms with Gasteiger partial charge in [-0.25, -0.2) is 0 Å². The number of benzene rings is 3. The van der Waals surface area contributed by atoms with Gasteiger partial charge in [-0.05, 0) is 36.1 Å². The van der Waals surface area contributed by atoms with Gasteiger partial charge in [0.25, 0.3) is 5.69 Å². The third kappa shape index (κ3) is 3.17. The molecule has 150 valence electrons. The number of aromatic amines is 1. The zero-order valence-corrected chi connectivity index (χ0v) is 16.8. The van der Waals surface area contributed by atoms with Crippen molar-refractivity contribution in [3.8, 4) is 0 Å². The van der Waals surface area contributed by atoms with E-state index >= 15 is 0 Å². The molecular weight excluding hydrogens is 374 g/mol. The van der Waals surface area contributed by atoms with Gasteiger partial charge in [-0.1, -0.05) is 54.6 Å². The van der Waals surface area contributed by atoms with Gasteiger partial charge in [0.05, 0.1) is 11.0 Å². The van der Waals surface area contributed by atoms with Crippen LogP contribution in [0.4, 0.5) is 5.69 Å². The molecule has 0 spiro atoms. The number of nitrogens with zero attached hydrogens (tertiary/aromatic N) is 2. The molecule has 1 atom stereocenters. The van der Waals surface area contributed by atoms with Crippen LogP contribution in [-0.2, 0) is 13.0 Å². The molecule has 1 aromatic heterocycles. The molecule has 1 N–H and O–H groups in total. The zero-order chi connectivity index (χ0) is 20.7. The van der Waals surface area contributed by atoms with Crippen LogP contribution in [0.2, 0.25) is 0 Å². The molecule has 0 fully saturated rings. The van der Waals surface area contributed by atoms with Crippen molar-refractivity contribution in [2.45, 2.75) is 25.9 Å². The Morgan fingerprint density at radius 2 is 1.87 bits per heavy atom. The maximum absolute atomic E-state index is 11.2. The first-order chi connectivity index (χ1) is 14.6. The fourth-order valence-corrected chi connectivity index (χ4v) is 4.78. The molecule has 30 heavy (non-hydrogen) atoms. The van der Waals surface area contributed by atoms with Crippen molar-refractivity contribution in [3.05, 3.63) is 111 Å². The highest BCUT2D eigenvalue weighted by atomic mass is 16.6. The Morgan fingerprint density at radius 3 is 2.73 bits per heavy atom. The number of para-hydroxylation sites is 1. The molecule has 0 aliphatic carbocycles. The monoisotopic (exact) mass is 397 g/mol. The number of rotatable bonds is 4. The Kier molecular flexibility index (Phi) is 4.60. The number of non-ortho nitro benzene ring substituents is 1. The number of nitrogens with one attached hydrogen (secondary N) is 1. The second-order valence-electron chi connectivity index (χ2n) is 7.96. The van der Waals surface area contributed by atoms with Gasteiger partial charge in [-0.2, -0.15) is 0 Å². The van der Waals surface area contributed by atoms with Gasteiger partial charge < -0.3 is 4.98 Å². The smallest absolute Gasteiger partial charge is 0.269 e. The minimum Gasteiger partial charge on any atom is -0.358 e. The average Bonchev–Trinajstić information content (AvgIpc) is 3.09. The summed E-state index contributed by atoms with van der Waals surface area (Å²) in [7, 11) is 0. The lowest BCUT2D eigenvalue weighted by Gasteiger charge is -2.38. The summed E-state index contributed by atoms with van der Waals surface area (Å²) in [5.74, 6) is 0. The van der Waals surface area contributed by atoms with Gasteiger partial charge in [0.1, 0.15) is 0 Å². The van der Waals surface area contributed by atoms with Crippen LogP contribution in [0.25, 0.3) is 10.9 Å². The van der Waals surface area contributed by atoms with E-state index in [1.54, 1.807) is 18.2 Å². The Hall–Kier alpha value is -3.44. The maximum atomic E-state index is 11.2. The molecule has 1 aliphatic rings. The van der Waals surface area contributed by atoms with Crippen LogP contribution in [0, 0.1) is 17.0 Å². The van der Waals surface area contributed by atoms with Gasteiger partial charge in [-0.15, -0.1) is 0 Å². The summed E-state index contributed by atoms with van der Waals surface area (Å²) in [6, 6.07) is 24.2. The van der Waals surface area contributed by atoms with E-state index in [-0.39, 0.29) is 16.7 Å². The average molecular weight is 397 g/mol. The third-order valence-corrected chi connectivity index (χ3v) is 6.11. The normalized spacial score (nSPS) is 16.5. The molecule has 2 heterocycles. The van der Waals surface area contributed by atoms with E-state index in [2.05, 4.69) is 65.3 Å². The fraction of sp³-hybridized carbons (Fsp3) is 0.200. The van der Waals surface area contributed by atoms with Crippen LogP contribution in [0.3, 0.4) is 0 Å². The van der Waals surface area contributed by atoms with E-state index < -0.39 is 0 Å². The lowest BCUT2D eigenvalue weighted by atomic mass is 9.86. The SMILES string of the molecule is Cc1[nH]c2ccccc2c1C1c2ccccc2CCN1Cc1cccc([N+](=O)[O-])c1. The van der Waals surface area contributed by atoms with E-state index in [0.29, 0.717) is 6.54 Å². The second kappa shape index (κ2) is 7.43. The molecule has 1 unspecified atom stereocenters. The highest BCUT2D eigenvalue weighted by molar-refractivity contribution is 5.85. The van der Waals surface area contributed by atoms with Crippen molar-refractivity contribution in [3.63, 3.8) is 0 Å². The molecule has 5 rings (SSSR count). The molecule has 0 bridgehead atoms. The number of H-pyrrole nitrogens is 1. The first kappa shape index (κ1) is 18.6.